The van der Waals surface area contributed by atoms with E-state index in [1.54, 1.807) is 6.08 Å². The van der Waals surface area contributed by atoms with Crippen LogP contribution in [-0.2, 0) is 9.68 Å². The van der Waals surface area contributed by atoms with Gasteiger partial charge in [-0.1, -0.05) is 69.9 Å². The highest BCUT2D eigenvalue weighted by Crippen LogP contribution is 2.41. The molecule has 0 unspecified atom stereocenters. The zero-order valence-electron chi connectivity index (χ0n) is 17.5. The summed E-state index contributed by atoms with van der Waals surface area (Å²) in [5.74, 6) is -0.922. The van der Waals surface area contributed by atoms with E-state index in [4.69, 9.17) is 9.99 Å². The molecule has 7 nitrogen and oxygen atoms in total. The van der Waals surface area contributed by atoms with Gasteiger partial charge in [-0.25, -0.2) is 9.68 Å². The Morgan fingerprint density at radius 3 is 1.79 bits per heavy atom. The van der Waals surface area contributed by atoms with Gasteiger partial charge >= 0.3 is 5.97 Å². The Morgan fingerprint density at radius 2 is 1.45 bits per heavy atom. The van der Waals surface area contributed by atoms with Crippen molar-refractivity contribution in [2.45, 2.75) is 58.0 Å². The van der Waals surface area contributed by atoms with Gasteiger partial charge in [0.15, 0.2) is 0 Å². The zero-order valence-corrected chi connectivity index (χ0v) is 17.5. The molecule has 7 heteroatoms. The number of carboxylic acid groups (broad SMARTS) is 1. The van der Waals surface area contributed by atoms with Gasteiger partial charge in [0, 0.05) is 6.08 Å². The van der Waals surface area contributed by atoms with Crippen LogP contribution in [0.2, 0.25) is 0 Å². The fourth-order valence-electron chi connectivity index (χ4n) is 3.08. The summed E-state index contributed by atoms with van der Waals surface area (Å²) in [7, 11) is 0. The number of benzene rings is 1. The quantitative estimate of drug-likeness (QED) is 0.191. The van der Waals surface area contributed by atoms with Gasteiger partial charge in [0.05, 0.1) is 25.2 Å². The molecule has 0 fully saturated rings. The van der Waals surface area contributed by atoms with E-state index in [0.29, 0.717) is 12.8 Å². The van der Waals surface area contributed by atoms with Crippen LogP contribution in [0.4, 0.5) is 0 Å². The Morgan fingerprint density at radius 1 is 0.966 bits per heavy atom. The number of unbranched alkanes of at least 4 members (excludes halogenated alkanes) is 2. The number of hydrogen-bond acceptors (Lipinski definition) is 6. The third-order valence-corrected chi connectivity index (χ3v) is 5.14. The van der Waals surface area contributed by atoms with E-state index >= 15 is 0 Å². The lowest BCUT2D eigenvalue weighted by Crippen LogP contribution is -2.56. The van der Waals surface area contributed by atoms with E-state index in [0.717, 1.165) is 37.3 Å². The van der Waals surface area contributed by atoms with Crippen molar-refractivity contribution in [3.63, 3.8) is 0 Å². The van der Waals surface area contributed by atoms with Crippen molar-refractivity contribution in [2.75, 3.05) is 19.8 Å². The Kier molecular flexibility index (Phi) is 14.2. The average molecular weight is 413 g/mol. The molecule has 0 aromatic heterocycles. The van der Waals surface area contributed by atoms with Gasteiger partial charge in [0.25, 0.3) is 0 Å². The predicted molar refractivity (Wildman–Crippen MR) is 112 cm³/mol. The Bertz CT molecular complexity index is 552. The van der Waals surface area contributed by atoms with Crippen LogP contribution in [0, 0.1) is 5.41 Å². The molecule has 1 aromatic rings. The second-order valence-electron chi connectivity index (χ2n) is 7.13. The van der Waals surface area contributed by atoms with Gasteiger partial charge in [-0.3, -0.25) is 5.26 Å². The molecular formula is C22H36O7. The minimum absolute atomic E-state index is 0.423. The predicted octanol–water partition coefficient (Wildman–Crippen LogP) is 3.34. The molecule has 0 atom stereocenters. The van der Waals surface area contributed by atoms with Gasteiger partial charge in [-0.05, 0) is 24.5 Å². The van der Waals surface area contributed by atoms with Gasteiger partial charge in [-0.2, -0.15) is 0 Å². The molecule has 0 aliphatic carbocycles. The third kappa shape index (κ3) is 8.64. The number of rotatable bonds is 13. The van der Waals surface area contributed by atoms with Crippen molar-refractivity contribution in [2.24, 2.45) is 5.41 Å². The number of carboxylic acids is 1. The van der Waals surface area contributed by atoms with Gasteiger partial charge < -0.3 is 20.4 Å². The molecule has 0 spiro atoms. The highest BCUT2D eigenvalue weighted by molar-refractivity contribution is 5.85. The summed E-state index contributed by atoms with van der Waals surface area (Å²) in [5.41, 5.74) is -1.40. The van der Waals surface area contributed by atoms with Gasteiger partial charge in [-0.15, -0.1) is 0 Å². The molecule has 0 radical (unpaired) electrons. The summed E-state index contributed by atoms with van der Waals surface area (Å²) in [5, 5.41) is 46.2. The van der Waals surface area contributed by atoms with Crippen LogP contribution in [0.25, 0.3) is 6.08 Å². The van der Waals surface area contributed by atoms with Crippen molar-refractivity contribution in [1.29, 1.82) is 0 Å². The number of carbonyl (C=O) groups is 1. The molecule has 5 N–H and O–H groups in total. The van der Waals surface area contributed by atoms with Crippen LogP contribution in [0.15, 0.2) is 36.4 Å². The molecule has 1 rings (SSSR count). The maximum Gasteiger partial charge on any atom is 0.328 e. The van der Waals surface area contributed by atoms with Crippen molar-refractivity contribution in [1.82, 2.24) is 0 Å². The highest BCUT2D eigenvalue weighted by atomic mass is 17.1. The summed E-state index contributed by atoms with van der Waals surface area (Å²) in [4.78, 5) is 14.8. The molecule has 0 amide bonds. The highest BCUT2D eigenvalue weighted by Gasteiger charge is 2.51. The van der Waals surface area contributed by atoms with Crippen LogP contribution in [0.3, 0.4) is 0 Å². The maximum atomic E-state index is 10.1. The molecule has 0 aliphatic heterocycles. The second-order valence-corrected chi connectivity index (χ2v) is 7.13. The Labute approximate surface area is 173 Å². The van der Waals surface area contributed by atoms with Crippen LogP contribution in [0.1, 0.15) is 57.9 Å². The molecular weight excluding hydrogens is 376 g/mol. The lowest BCUT2D eigenvalue weighted by molar-refractivity contribution is -0.369. The van der Waals surface area contributed by atoms with Crippen molar-refractivity contribution in [3.05, 3.63) is 42.0 Å². The van der Waals surface area contributed by atoms with Gasteiger partial charge in [0.1, 0.15) is 5.60 Å². The molecule has 0 bridgehead atoms. The lowest BCUT2D eigenvalue weighted by atomic mass is 9.68. The molecule has 166 valence electrons. The summed E-state index contributed by atoms with van der Waals surface area (Å²) in [6, 6.07) is 9.31. The fraction of sp³-hybridized carbons (Fsp3) is 0.591. The summed E-state index contributed by atoms with van der Waals surface area (Å²) in [6.07, 6.45) is 7.10. The van der Waals surface area contributed by atoms with E-state index < -0.39 is 36.8 Å². The molecule has 0 saturated carbocycles. The normalized spacial score (nSPS) is 11.9. The van der Waals surface area contributed by atoms with Crippen LogP contribution < -0.4 is 0 Å². The van der Waals surface area contributed by atoms with E-state index in [1.807, 2.05) is 44.2 Å². The first-order valence-corrected chi connectivity index (χ1v) is 10.0. The monoisotopic (exact) mass is 412 g/mol. The van der Waals surface area contributed by atoms with E-state index in [9.17, 15) is 25.4 Å². The third-order valence-electron chi connectivity index (χ3n) is 5.14. The summed E-state index contributed by atoms with van der Waals surface area (Å²) < 4.78 is 0. The Hall–Kier alpha value is -1.77. The maximum absolute atomic E-state index is 10.1. The van der Waals surface area contributed by atoms with Crippen LogP contribution in [-0.4, -0.2) is 57.1 Å². The molecule has 29 heavy (non-hydrogen) atoms. The minimum atomic E-state index is -1.22. The van der Waals surface area contributed by atoms with E-state index in [2.05, 4.69) is 0 Å². The number of hydrogen-bond donors (Lipinski definition) is 5. The molecule has 0 saturated heterocycles. The topological polar surface area (TPSA) is 127 Å². The van der Waals surface area contributed by atoms with Crippen molar-refractivity contribution in [3.8, 4) is 0 Å². The van der Waals surface area contributed by atoms with Crippen LogP contribution >= 0.6 is 0 Å². The summed E-state index contributed by atoms with van der Waals surface area (Å²) in [6.45, 7) is 2.76. The number of aliphatic carboxylic acids is 1. The average Bonchev–Trinajstić information content (AvgIpc) is 2.76. The van der Waals surface area contributed by atoms with Crippen molar-refractivity contribution < 1.29 is 35.4 Å². The van der Waals surface area contributed by atoms with E-state index in [1.165, 1.54) is 0 Å². The van der Waals surface area contributed by atoms with E-state index in [-0.39, 0.29) is 0 Å². The Balaban J connectivity index is 0.000000604. The minimum Gasteiger partial charge on any atom is -0.478 e. The molecule has 0 aliphatic rings. The fourth-order valence-corrected chi connectivity index (χ4v) is 3.08. The molecule has 1 aromatic carbocycles. The molecule has 0 heterocycles. The second kappa shape index (κ2) is 15.1. The number of aliphatic hydroxyl groups excluding tert-OH is 3. The lowest BCUT2D eigenvalue weighted by Gasteiger charge is -2.45. The zero-order chi connectivity index (χ0) is 22.2. The largest absolute Gasteiger partial charge is 0.478 e. The first-order valence-electron chi connectivity index (χ1n) is 10.0. The standard InChI is InChI=1S/C13H28O5.C9H8O2/c1-3-5-7-13(18-17,8-6-4-2)12(9-14,10-15)11-16;10-9(11)7-6-8-4-2-1-3-5-8/h14-17H,3-11H2,1-2H3;1-7H,(H,10,11). The SMILES string of the molecule is CCCCC(CCCC)(OO)C(CO)(CO)CO.O=C(O)C=Cc1ccccc1. The van der Waals surface area contributed by atoms with Gasteiger partial charge in [0.2, 0.25) is 0 Å². The van der Waals surface area contributed by atoms with Crippen LogP contribution in [0.5, 0.6) is 0 Å². The first kappa shape index (κ1) is 27.2. The summed E-state index contributed by atoms with van der Waals surface area (Å²) >= 11 is 0. The van der Waals surface area contributed by atoms with Crippen molar-refractivity contribution >= 4 is 12.0 Å². The number of aliphatic hydroxyl groups is 3. The smallest absolute Gasteiger partial charge is 0.328 e. The first-order chi connectivity index (χ1) is 13.9.